The Kier molecular flexibility index (Phi) is 4.34. The Bertz CT molecular complexity index is 758. The minimum Gasteiger partial charge on any atom is -0.383 e. The second-order valence-electron chi connectivity index (χ2n) is 7.33. The van der Waals surface area contributed by atoms with Crippen molar-refractivity contribution in [3.8, 4) is 0 Å². The molecular weight excluding hydrogens is 314 g/mol. The Balaban J connectivity index is 1.47. The molecule has 2 aliphatic rings. The molecule has 0 saturated carbocycles. The fourth-order valence-corrected chi connectivity index (χ4v) is 4.31. The van der Waals surface area contributed by atoms with Crippen LogP contribution in [0, 0.1) is 5.92 Å². The third-order valence-corrected chi connectivity index (χ3v) is 5.61. The molecular formula is C20H25N3O2. The van der Waals surface area contributed by atoms with E-state index in [1.807, 2.05) is 18.3 Å². The maximum atomic E-state index is 13.0. The first-order chi connectivity index (χ1) is 12.2. The fourth-order valence-electron chi connectivity index (χ4n) is 4.31. The van der Waals surface area contributed by atoms with E-state index in [2.05, 4.69) is 33.8 Å². The SMILES string of the molecule is COCC1Cc2c(ncn2C)CN1C(=O)CC1Cc2ccccc2C1. The van der Waals surface area contributed by atoms with Crippen molar-refractivity contribution in [3.05, 3.63) is 53.1 Å². The summed E-state index contributed by atoms with van der Waals surface area (Å²) in [5.74, 6) is 0.648. The number of fused-ring (bicyclic) bond motifs is 2. The number of hydrogen-bond donors (Lipinski definition) is 0. The number of methoxy groups -OCH3 is 1. The summed E-state index contributed by atoms with van der Waals surface area (Å²) >= 11 is 0. The number of imidazole rings is 1. The first kappa shape index (κ1) is 16.3. The third-order valence-electron chi connectivity index (χ3n) is 5.61. The molecule has 2 heterocycles. The average molecular weight is 339 g/mol. The van der Waals surface area contributed by atoms with Crippen molar-refractivity contribution >= 4 is 5.91 Å². The molecule has 0 radical (unpaired) electrons. The van der Waals surface area contributed by atoms with E-state index in [0.717, 1.165) is 25.0 Å². The van der Waals surface area contributed by atoms with Gasteiger partial charge in [0.15, 0.2) is 0 Å². The lowest BCUT2D eigenvalue weighted by molar-refractivity contribution is -0.137. The van der Waals surface area contributed by atoms with Gasteiger partial charge in [-0.3, -0.25) is 4.79 Å². The molecule has 0 N–H and O–H groups in total. The standard InChI is InChI=1S/C20H25N3O2/c1-22-13-21-18-11-23(17(12-25-2)10-19(18)22)20(24)9-14-7-15-5-3-4-6-16(15)8-14/h3-6,13-14,17H,7-12H2,1-2H3. The Morgan fingerprint density at radius 3 is 2.64 bits per heavy atom. The predicted octanol–water partition coefficient (Wildman–Crippen LogP) is 2.12. The Hall–Kier alpha value is -2.14. The van der Waals surface area contributed by atoms with Crippen LogP contribution < -0.4 is 0 Å². The van der Waals surface area contributed by atoms with Crippen molar-refractivity contribution < 1.29 is 9.53 Å². The molecule has 1 aromatic heterocycles. The summed E-state index contributed by atoms with van der Waals surface area (Å²) in [7, 11) is 3.72. The van der Waals surface area contributed by atoms with Crippen LogP contribution in [0.3, 0.4) is 0 Å². The number of aromatic nitrogens is 2. The number of carbonyl (C=O) groups excluding carboxylic acids is 1. The number of hydrogen-bond acceptors (Lipinski definition) is 3. The van der Waals surface area contributed by atoms with Crippen LogP contribution in [0.25, 0.3) is 0 Å². The van der Waals surface area contributed by atoms with Gasteiger partial charge >= 0.3 is 0 Å². The van der Waals surface area contributed by atoms with Gasteiger partial charge in [-0.05, 0) is 29.9 Å². The summed E-state index contributed by atoms with van der Waals surface area (Å²) in [6, 6.07) is 8.66. The van der Waals surface area contributed by atoms with Crippen LogP contribution in [0.2, 0.25) is 0 Å². The van der Waals surface area contributed by atoms with Crippen molar-refractivity contribution in [1.29, 1.82) is 0 Å². The van der Waals surface area contributed by atoms with Crippen LogP contribution in [0.1, 0.15) is 28.9 Å². The van der Waals surface area contributed by atoms with Crippen molar-refractivity contribution in [3.63, 3.8) is 0 Å². The molecule has 0 bridgehead atoms. The highest BCUT2D eigenvalue weighted by Crippen LogP contribution is 2.30. The molecule has 1 aromatic carbocycles. The van der Waals surface area contributed by atoms with Gasteiger partial charge in [-0.1, -0.05) is 24.3 Å². The number of amides is 1. The van der Waals surface area contributed by atoms with E-state index < -0.39 is 0 Å². The molecule has 0 spiro atoms. The van der Waals surface area contributed by atoms with Gasteiger partial charge in [0, 0.05) is 32.7 Å². The normalized spacial score (nSPS) is 19.8. The summed E-state index contributed by atoms with van der Waals surface area (Å²) < 4.78 is 7.45. The Morgan fingerprint density at radius 1 is 1.24 bits per heavy atom. The molecule has 5 nitrogen and oxygen atoms in total. The number of rotatable bonds is 4. The highest BCUT2D eigenvalue weighted by atomic mass is 16.5. The molecule has 1 amide bonds. The molecule has 132 valence electrons. The van der Waals surface area contributed by atoms with E-state index in [1.54, 1.807) is 7.11 Å². The number of aryl methyl sites for hydroxylation is 1. The van der Waals surface area contributed by atoms with E-state index in [-0.39, 0.29) is 11.9 Å². The Labute approximate surface area is 148 Å². The molecule has 0 fully saturated rings. The van der Waals surface area contributed by atoms with E-state index in [1.165, 1.54) is 16.8 Å². The average Bonchev–Trinajstić information content (AvgIpc) is 3.17. The van der Waals surface area contributed by atoms with Gasteiger partial charge < -0.3 is 14.2 Å². The zero-order valence-electron chi connectivity index (χ0n) is 14.9. The van der Waals surface area contributed by atoms with Crippen LogP contribution in [0.4, 0.5) is 0 Å². The van der Waals surface area contributed by atoms with Crippen molar-refractivity contribution in [2.24, 2.45) is 13.0 Å². The maximum Gasteiger partial charge on any atom is 0.223 e. The first-order valence-corrected chi connectivity index (χ1v) is 9.00. The van der Waals surface area contributed by atoms with E-state index in [0.29, 0.717) is 25.5 Å². The van der Waals surface area contributed by atoms with E-state index in [9.17, 15) is 4.79 Å². The number of ether oxygens (including phenoxy) is 1. The number of carbonyl (C=O) groups is 1. The predicted molar refractivity (Wildman–Crippen MR) is 95.1 cm³/mol. The van der Waals surface area contributed by atoms with Gasteiger partial charge in [0.2, 0.25) is 5.91 Å². The fraction of sp³-hybridized carbons (Fsp3) is 0.500. The molecule has 1 atom stereocenters. The van der Waals surface area contributed by atoms with E-state index in [4.69, 9.17) is 4.74 Å². The van der Waals surface area contributed by atoms with Gasteiger partial charge in [-0.2, -0.15) is 0 Å². The number of benzene rings is 1. The molecule has 1 aliphatic carbocycles. The van der Waals surface area contributed by atoms with Gasteiger partial charge in [0.1, 0.15) is 0 Å². The number of nitrogens with zero attached hydrogens (tertiary/aromatic N) is 3. The molecule has 2 aromatic rings. The Morgan fingerprint density at radius 2 is 1.96 bits per heavy atom. The lowest BCUT2D eigenvalue weighted by Crippen LogP contribution is -2.47. The lowest BCUT2D eigenvalue weighted by atomic mass is 9.98. The van der Waals surface area contributed by atoms with Crippen molar-refractivity contribution in [1.82, 2.24) is 14.5 Å². The zero-order valence-corrected chi connectivity index (χ0v) is 14.9. The first-order valence-electron chi connectivity index (χ1n) is 9.00. The van der Waals surface area contributed by atoms with Gasteiger partial charge in [0.25, 0.3) is 0 Å². The topological polar surface area (TPSA) is 47.4 Å². The monoisotopic (exact) mass is 339 g/mol. The smallest absolute Gasteiger partial charge is 0.223 e. The lowest BCUT2D eigenvalue weighted by Gasteiger charge is -2.35. The van der Waals surface area contributed by atoms with Crippen LogP contribution >= 0.6 is 0 Å². The van der Waals surface area contributed by atoms with Crippen LogP contribution in [0.5, 0.6) is 0 Å². The zero-order chi connectivity index (χ0) is 17.4. The van der Waals surface area contributed by atoms with Crippen LogP contribution in [0.15, 0.2) is 30.6 Å². The molecule has 4 rings (SSSR count). The quantitative estimate of drug-likeness (QED) is 0.857. The van der Waals surface area contributed by atoms with Gasteiger partial charge in [-0.15, -0.1) is 0 Å². The highest BCUT2D eigenvalue weighted by molar-refractivity contribution is 5.77. The second-order valence-corrected chi connectivity index (χ2v) is 7.33. The summed E-state index contributed by atoms with van der Waals surface area (Å²) in [6.45, 7) is 1.17. The van der Waals surface area contributed by atoms with Gasteiger partial charge in [-0.25, -0.2) is 4.98 Å². The molecule has 1 unspecified atom stereocenters. The summed E-state index contributed by atoms with van der Waals surface area (Å²) in [4.78, 5) is 19.5. The minimum atomic E-state index is 0.101. The largest absolute Gasteiger partial charge is 0.383 e. The molecule has 0 saturated heterocycles. The molecule has 1 aliphatic heterocycles. The maximum absolute atomic E-state index is 13.0. The minimum absolute atomic E-state index is 0.101. The third kappa shape index (κ3) is 3.09. The van der Waals surface area contributed by atoms with E-state index >= 15 is 0 Å². The van der Waals surface area contributed by atoms with Crippen molar-refractivity contribution in [2.45, 2.75) is 38.3 Å². The van der Waals surface area contributed by atoms with Gasteiger partial charge in [0.05, 0.1) is 31.2 Å². The summed E-state index contributed by atoms with van der Waals surface area (Å²) in [6.07, 6.45) is 5.29. The second kappa shape index (κ2) is 6.64. The molecule has 25 heavy (non-hydrogen) atoms. The summed E-state index contributed by atoms with van der Waals surface area (Å²) in [5.41, 5.74) is 5.05. The van der Waals surface area contributed by atoms with Crippen LogP contribution in [-0.4, -0.2) is 40.1 Å². The summed E-state index contributed by atoms with van der Waals surface area (Å²) in [5, 5.41) is 0. The van der Waals surface area contributed by atoms with Crippen molar-refractivity contribution in [2.75, 3.05) is 13.7 Å². The molecule has 5 heteroatoms. The van der Waals surface area contributed by atoms with Crippen LogP contribution in [-0.2, 0) is 42.4 Å². The highest BCUT2D eigenvalue weighted by Gasteiger charge is 2.34.